The average Bonchev–Trinajstić information content (AvgIpc) is 2.91. The number of aromatic nitrogens is 1. The van der Waals surface area contributed by atoms with Crippen LogP contribution in [0.4, 0.5) is 0 Å². The van der Waals surface area contributed by atoms with E-state index in [1.54, 1.807) is 48.5 Å². The van der Waals surface area contributed by atoms with Gasteiger partial charge in [0.15, 0.2) is 0 Å². The number of nitrogens with zero attached hydrogens (tertiary/aromatic N) is 1. The smallest absolute Gasteiger partial charge is 0.268 e. The molecule has 0 aliphatic rings. The molecule has 0 radical (unpaired) electrons. The van der Waals surface area contributed by atoms with E-state index in [0.717, 1.165) is 17.2 Å². The highest BCUT2D eigenvalue weighted by molar-refractivity contribution is 7.90. The Bertz CT molecular complexity index is 922. The second kappa shape index (κ2) is 4.86. The van der Waals surface area contributed by atoms with Crippen LogP contribution in [-0.4, -0.2) is 18.7 Å². The highest BCUT2D eigenvalue weighted by atomic mass is 32.2. The number of carbonyl (C=O) groups is 1. The summed E-state index contributed by atoms with van der Waals surface area (Å²) in [5, 5.41) is 0.718. The van der Waals surface area contributed by atoms with Gasteiger partial charge in [0.05, 0.1) is 10.4 Å². The van der Waals surface area contributed by atoms with Crippen LogP contribution >= 0.6 is 0 Å². The number of hydrogen-bond acceptors (Lipinski definition) is 3. The number of hydrogen-bond donors (Lipinski definition) is 0. The van der Waals surface area contributed by atoms with Crippen LogP contribution in [-0.2, 0) is 10.0 Å². The maximum absolute atomic E-state index is 12.7. The summed E-state index contributed by atoms with van der Waals surface area (Å²) in [4.78, 5) is 11.0. The van der Waals surface area contributed by atoms with Crippen molar-refractivity contribution in [2.45, 2.75) is 11.8 Å². The molecule has 0 saturated heterocycles. The quantitative estimate of drug-likeness (QED) is 0.699. The highest BCUT2D eigenvalue weighted by Crippen LogP contribution is 2.23. The van der Waals surface area contributed by atoms with Crippen molar-refractivity contribution in [2.24, 2.45) is 0 Å². The Hall–Kier alpha value is -2.40. The van der Waals surface area contributed by atoms with Crippen molar-refractivity contribution in [3.8, 4) is 0 Å². The largest absolute Gasteiger partial charge is 0.298 e. The predicted octanol–water partition coefficient (Wildman–Crippen LogP) is 3.00. The van der Waals surface area contributed by atoms with Crippen molar-refractivity contribution in [1.29, 1.82) is 0 Å². The molecule has 4 nitrogen and oxygen atoms in total. The van der Waals surface area contributed by atoms with E-state index in [0.29, 0.717) is 11.1 Å². The molecule has 0 atom stereocenters. The average molecular weight is 299 g/mol. The Labute approximate surface area is 122 Å². The Balaban J connectivity index is 2.19. The van der Waals surface area contributed by atoms with Gasteiger partial charge in [-0.3, -0.25) is 4.79 Å². The minimum atomic E-state index is -3.63. The van der Waals surface area contributed by atoms with Gasteiger partial charge in [-0.05, 0) is 43.3 Å². The van der Waals surface area contributed by atoms with Gasteiger partial charge in [-0.2, -0.15) is 0 Å². The van der Waals surface area contributed by atoms with Gasteiger partial charge >= 0.3 is 0 Å². The van der Waals surface area contributed by atoms with E-state index in [4.69, 9.17) is 0 Å². The van der Waals surface area contributed by atoms with Gasteiger partial charge in [0.2, 0.25) is 0 Å². The zero-order valence-electron chi connectivity index (χ0n) is 11.4. The lowest BCUT2D eigenvalue weighted by atomic mass is 10.2. The molecule has 1 aromatic heterocycles. The lowest BCUT2D eigenvalue weighted by Gasteiger charge is -2.08. The summed E-state index contributed by atoms with van der Waals surface area (Å²) in [5.41, 5.74) is 2.08. The van der Waals surface area contributed by atoms with E-state index in [-0.39, 0.29) is 4.90 Å². The van der Waals surface area contributed by atoms with Crippen LogP contribution in [0.2, 0.25) is 0 Å². The van der Waals surface area contributed by atoms with Crippen LogP contribution < -0.4 is 0 Å². The topological polar surface area (TPSA) is 56.1 Å². The molecule has 106 valence electrons. The molecule has 21 heavy (non-hydrogen) atoms. The van der Waals surface area contributed by atoms with Crippen LogP contribution in [0.25, 0.3) is 10.9 Å². The van der Waals surface area contributed by atoms with Crippen molar-refractivity contribution in [3.05, 3.63) is 65.9 Å². The Morgan fingerprint density at radius 2 is 1.71 bits per heavy atom. The summed E-state index contributed by atoms with van der Waals surface area (Å²) >= 11 is 0. The SMILES string of the molecule is Cc1ccc(S(=O)(=O)n2ccc3cc(C=O)ccc32)cc1. The maximum Gasteiger partial charge on any atom is 0.268 e. The fraction of sp³-hybridized carbons (Fsp3) is 0.0625. The van der Waals surface area contributed by atoms with E-state index in [1.165, 1.54) is 10.2 Å². The van der Waals surface area contributed by atoms with Crippen molar-refractivity contribution in [3.63, 3.8) is 0 Å². The lowest BCUT2D eigenvalue weighted by Crippen LogP contribution is -2.11. The molecule has 0 aliphatic carbocycles. The second-order valence-corrected chi connectivity index (χ2v) is 6.68. The number of aldehydes is 1. The molecular weight excluding hydrogens is 286 g/mol. The number of aryl methyl sites for hydroxylation is 1. The van der Waals surface area contributed by atoms with Gasteiger partial charge in [-0.15, -0.1) is 0 Å². The molecular formula is C16H13NO3S. The third kappa shape index (κ3) is 2.25. The fourth-order valence-corrected chi connectivity index (χ4v) is 3.60. The van der Waals surface area contributed by atoms with Crippen molar-refractivity contribution in [1.82, 2.24) is 3.97 Å². The van der Waals surface area contributed by atoms with Crippen LogP contribution in [0.3, 0.4) is 0 Å². The number of benzene rings is 2. The van der Waals surface area contributed by atoms with E-state index in [9.17, 15) is 13.2 Å². The first kappa shape index (κ1) is 13.6. The summed E-state index contributed by atoms with van der Waals surface area (Å²) in [6.07, 6.45) is 2.25. The summed E-state index contributed by atoms with van der Waals surface area (Å²) in [6.45, 7) is 1.91. The Morgan fingerprint density at radius 3 is 2.38 bits per heavy atom. The predicted molar refractivity (Wildman–Crippen MR) is 81.1 cm³/mol. The van der Waals surface area contributed by atoms with Crippen LogP contribution in [0.15, 0.2) is 59.6 Å². The van der Waals surface area contributed by atoms with Gasteiger partial charge in [0, 0.05) is 17.1 Å². The summed E-state index contributed by atoms with van der Waals surface area (Å²) < 4.78 is 26.6. The van der Waals surface area contributed by atoms with Crippen molar-refractivity contribution >= 4 is 27.2 Å². The summed E-state index contributed by atoms with van der Waals surface area (Å²) in [7, 11) is -3.63. The minimum Gasteiger partial charge on any atom is -0.298 e. The molecule has 3 rings (SSSR count). The number of carbonyl (C=O) groups excluding carboxylic acids is 1. The van der Waals surface area contributed by atoms with E-state index < -0.39 is 10.0 Å². The van der Waals surface area contributed by atoms with Crippen molar-refractivity contribution in [2.75, 3.05) is 0 Å². The third-order valence-corrected chi connectivity index (χ3v) is 5.10. The monoisotopic (exact) mass is 299 g/mol. The zero-order valence-corrected chi connectivity index (χ0v) is 12.2. The molecule has 0 N–H and O–H groups in total. The maximum atomic E-state index is 12.7. The van der Waals surface area contributed by atoms with Gasteiger partial charge < -0.3 is 0 Å². The molecule has 3 aromatic rings. The molecule has 5 heteroatoms. The van der Waals surface area contributed by atoms with Crippen LogP contribution in [0.5, 0.6) is 0 Å². The normalized spacial score (nSPS) is 11.7. The van der Waals surface area contributed by atoms with E-state index in [1.807, 2.05) is 6.92 Å². The minimum absolute atomic E-state index is 0.241. The van der Waals surface area contributed by atoms with Crippen LogP contribution in [0, 0.1) is 6.92 Å². The molecule has 0 saturated carbocycles. The first-order valence-corrected chi connectivity index (χ1v) is 7.85. The van der Waals surface area contributed by atoms with Crippen LogP contribution in [0.1, 0.15) is 15.9 Å². The molecule has 1 heterocycles. The molecule has 0 spiro atoms. The lowest BCUT2D eigenvalue weighted by molar-refractivity contribution is 0.112. The molecule has 2 aromatic carbocycles. The van der Waals surface area contributed by atoms with Crippen molar-refractivity contribution < 1.29 is 13.2 Å². The highest BCUT2D eigenvalue weighted by Gasteiger charge is 2.18. The molecule has 0 bridgehead atoms. The first-order chi connectivity index (χ1) is 10.0. The van der Waals surface area contributed by atoms with E-state index in [2.05, 4.69) is 0 Å². The van der Waals surface area contributed by atoms with Gasteiger partial charge in [-0.1, -0.05) is 17.7 Å². The molecule has 0 aliphatic heterocycles. The van der Waals surface area contributed by atoms with Gasteiger partial charge in [-0.25, -0.2) is 12.4 Å². The zero-order chi connectivity index (χ0) is 15.0. The third-order valence-electron chi connectivity index (χ3n) is 3.39. The summed E-state index contributed by atoms with van der Waals surface area (Å²) in [6, 6.07) is 13.3. The second-order valence-electron chi connectivity index (χ2n) is 4.87. The molecule has 0 unspecified atom stereocenters. The molecule has 0 fully saturated rings. The first-order valence-electron chi connectivity index (χ1n) is 6.41. The van der Waals surface area contributed by atoms with Gasteiger partial charge in [0.25, 0.3) is 10.0 Å². The Kier molecular flexibility index (Phi) is 3.14. The summed E-state index contributed by atoms with van der Waals surface area (Å²) in [5.74, 6) is 0. The van der Waals surface area contributed by atoms with E-state index >= 15 is 0 Å². The van der Waals surface area contributed by atoms with Gasteiger partial charge in [0.1, 0.15) is 6.29 Å². The molecule has 0 amide bonds. The fourth-order valence-electron chi connectivity index (χ4n) is 2.24. The number of rotatable bonds is 3. The standard InChI is InChI=1S/C16H13NO3S/c1-12-2-5-15(6-3-12)21(19,20)17-9-8-14-10-13(11-18)4-7-16(14)17/h2-11H,1H3. The number of fused-ring (bicyclic) bond motifs is 1. The Morgan fingerprint density at radius 1 is 1.00 bits per heavy atom.